The number of aliphatic hydroxyl groups excluding tert-OH is 1. The van der Waals surface area contributed by atoms with Crippen LogP contribution < -0.4 is 10.1 Å². The maximum Gasteiger partial charge on any atom is 0.241 e. The highest BCUT2D eigenvalue weighted by molar-refractivity contribution is 6.30. The van der Waals surface area contributed by atoms with Gasteiger partial charge in [0, 0.05) is 31.5 Å². The average Bonchev–Trinajstić information content (AvgIpc) is 3.06. The van der Waals surface area contributed by atoms with Gasteiger partial charge in [0.1, 0.15) is 16.8 Å². The van der Waals surface area contributed by atoms with Gasteiger partial charge >= 0.3 is 0 Å². The molecule has 0 unspecified atom stereocenters. The lowest BCUT2D eigenvalue weighted by molar-refractivity contribution is -0.119. The molecule has 7 nitrogen and oxygen atoms in total. The fourth-order valence-corrected chi connectivity index (χ4v) is 2.80. The molecule has 22 heavy (non-hydrogen) atoms. The van der Waals surface area contributed by atoms with Crippen LogP contribution in [0, 0.1) is 5.92 Å². The van der Waals surface area contributed by atoms with E-state index in [0.717, 1.165) is 0 Å². The number of hydrogen-bond acceptors (Lipinski definition) is 5. The molecule has 2 atom stereocenters. The third kappa shape index (κ3) is 2.86. The lowest BCUT2D eigenvalue weighted by Gasteiger charge is -2.19. The van der Waals surface area contributed by atoms with E-state index in [1.807, 2.05) is 6.92 Å². The number of nitrogens with one attached hydrogen (secondary N) is 1. The molecule has 2 N–H and O–H groups in total. The summed E-state index contributed by atoms with van der Waals surface area (Å²) >= 11 is 6.02. The third-order valence-corrected chi connectivity index (χ3v) is 4.04. The first-order valence-corrected chi connectivity index (χ1v) is 7.52. The molecule has 1 aliphatic rings. The Balaban J connectivity index is 1.91. The zero-order valence-electron chi connectivity index (χ0n) is 12.1. The van der Waals surface area contributed by atoms with Crippen molar-refractivity contribution in [3.8, 4) is 5.88 Å². The fourth-order valence-electron chi connectivity index (χ4n) is 2.62. The van der Waals surface area contributed by atoms with Crippen LogP contribution in [-0.4, -0.2) is 44.8 Å². The van der Waals surface area contributed by atoms with Crippen LogP contribution in [0.15, 0.2) is 12.4 Å². The molecule has 3 rings (SSSR count). The van der Waals surface area contributed by atoms with E-state index in [1.165, 1.54) is 0 Å². The second-order valence-corrected chi connectivity index (χ2v) is 5.76. The molecule has 2 aromatic heterocycles. The number of halogens is 1. The van der Waals surface area contributed by atoms with Crippen molar-refractivity contribution in [1.82, 2.24) is 19.9 Å². The second-order valence-electron chi connectivity index (χ2n) is 5.37. The van der Waals surface area contributed by atoms with Crippen molar-refractivity contribution in [2.75, 3.05) is 13.2 Å². The monoisotopic (exact) mass is 324 g/mol. The van der Waals surface area contributed by atoms with E-state index in [2.05, 4.69) is 15.3 Å². The molecule has 1 saturated heterocycles. The van der Waals surface area contributed by atoms with Crippen molar-refractivity contribution >= 4 is 28.5 Å². The van der Waals surface area contributed by atoms with E-state index in [-0.39, 0.29) is 24.5 Å². The van der Waals surface area contributed by atoms with Crippen LogP contribution in [0.4, 0.5) is 0 Å². The highest BCUT2D eigenvalue weighted by Crippen LogP contribution is 2.28. The van der Waals surface area contributed by atoms with Gasteiger partial charge in [0.15, 0.2) is 0 Å². The van der Waals surface area contributed by atoms with E-state index in [9.17, 15) is 4.79 Å². The summed E-state index contributed by atoms with van der Waals surface area (Å²) in [5.41, 5.74) is 1.36. The Labute approximate surface area is 132 Å². The zero-order chi connectivity index (χ0) is 15.7. The number of aromatic nitrogens is 3. The summed E-state index contributed by atoms with van der Waals surface area (Å²) in [4.78, 5) is 19.8. The number of amides is 1. The molecule has 2 aromatic rings. The Morgan fingerprint density at radius 2 is 2.45 bits per heavy atom. The largest absolute Gasteiger partial charge is 0.473 e. The average molecular weight is 325 g/mol. The third-order valence-electron chi connectivity index (χ3n) is 3.84. The van der Waals surface area contributed by atoms with Crippen LogP contribution in [-0.2, 0) is 11.3 Å². The van der Waals surface area contributed by atoms with Crippen LogP contribution in [0.25, 0.3) is 11.0 Å². The Morgan fingerprint density at radius 1 is 1.64 bits per heavy atom. The number of imidazole rings is 1. The topological polar surface area (TPSA) is 89.3 Å². The number of carbonyl (C=O) groups excluding carboxylic acids is 1. The summed E-state index contributed by atoms with van der Waals surface area (Å²) in [5.74, 6) is 0.507. The van der Waals surface area contributed by atoms with Gasteiger partial charge in [0.05, 0.1) is 18.5 Å². The Bertz CT molecular complexity index is 703. The minimum absolute atomic E-state index is 0.00979. The maximum atomic E-state index is 11.3. The van der Waals surface area contributed by atoms with Gasteiger partial charge in [-0.3, -0.25) is 4.79 Å². The van der Waals surface area contributed by atoms with Crippen molar-refractivity contribution in [1.29, 1.82) is 0 Å². The van der Waals surface area contributed by atoms with Crippen LogP contribution in [0.2, 0.25) is 5.15 Å². The Morgan fingerprint density at radius 3 is 3.14 bits per heavy atom. The number of hydrogen-bond donors (Lipinski definition) is 2. The normalized spacial score (nSPS) is 19.4. The summed E-state index contributed by atoms with van der Waals surface area (Å²) in [7, 11) is 0. The van der Waals surface area contributed by atoms with E-state index in [4.69, 9.17) is 21.4 Å². The molecule has 0 aliphatic carbocycles. The molecule has 1 fully saturated rings. The van der Waals surface area contributed by atoms with Crippen LogP contribution in [0.1, 0.15) is 13.3 Å². The lowest BCUT2D eigenvalue weighted by atomic mass is 10.0. The molecular formula is C14H17ClN4O3. The SMILES string of the molecule is C[C@@H](Oc1nc(Cl)cc2ncn(CCO)c12)[C@H]1CNC(=O)C1. The fraction of sp³-hybridized carbons (Fsp3) is 0.500. The highest BCUT2D eigenvalue weighted by atomic mass is 35.5. The van der Waals surface area contributed by atoms with Crippen LogP contribution in [0.5, 0.6) is 5.88 Å². The van der Waals surface area contributed by atoms with E-state index >= 15 is 0 Å². The van der Waals surface area contributed by atoms with Gasteiger partial charge < -0.3 is 19.7 Å². The summed E-state index contributed by atoms with van der Waals surface area (Å²) in [5, 5.41) is 12.2. The smallest absolute Gasteiger partial charge is 0.241 e. The molecule has 3 heterocycles. The van der Waals surface area contributed by atoms with Crippen molar-refractivity contribution in [2.45, 2.75) is 26.0 Å². The predicted molar refractivity (Wildman–Crippen MR) is 80.8 cm³/mol. The standard InChI is InChI=1S/C14H17ClN4O3/c1-8(9-4-12(21)16-6-9)22-14-13-10(5-11(15)18-14)17-7-19(13)2-3-20/h5,7-9,20H,2-4,6H2,1H3,(H,16,21)/t8-,9-/m1/s1. The maximum absolute atomic E-state index is 11.3. The van der Waals surface area contributed by atoms with Gasteiger partial charge in [-0.15, -0.1) is 0 Å². The summed E-state index contributed by atoms with van der Waals surface area (Å²) < 4.78 is 7.73. The number of rotatable bonds is 5. The molecule has 0 saturated carbocycles. The number of fused-ring (bicyclic) bond motifs is 1. The number of ether oxygens (including phenoxy) is 1. The lowest BCUT2D eigenvalue weighted by Crippen LogP contribution is -2.26. The molecule has 1 amide bonds. The van der Waals surface area contributed by atoms with E-state index < -0.39 is 0 Å². The van der Waals surface area contributed by atoms with Gasteiger partial charge in [-0.05, 0) is 6.92 Å². The van der Waals surface area contributed by atoms with Gasteiger partial charge in [-0.1, -0.05) is 11.6 Å². The van der Waals surface area contributed by atoms with Crippen molar-refractivity contribution in [3.63, 3.8) is 0 Å². The van der Waals surface area contributed by atoms with Gasteiger partial charge in [0.2, 0.25) is 11.8 Å². The van der Waals surface area contributed by atoms with E-state index in [1.54, 1.807) is 17.0 Å². The van der Waals surface area contributed by atoms with Gasteiger partial charge in [-0.25, -0.2) is 4.98 Å². The van der Waals surface area contributed by atoms with Gasteiger partial charge in [0.25, 0.3) is 0 Å². The Hall–Kier alpha value is -1.86. The minimum atomic E-state index is -0.189. The summed E-state index contributed by atoms with van der Waals surface area (Å²) in [6.07, 6.45) is 1.88. The second kappa shape index (κ2) is 6.10. The quantitative estimate of drug-likeness (QED) is 0.800. The summed E-state index contributed by atoms with van der Waals surface area (Å²) in [6.45, 7) is 2.89. The van der Waals surface area contributed by atoms with Gasteiger partial charge in [-0.2, -0.15) is 4.98 Å². The van der Waals surface area contributed by atoms with Crippen LogP contribution in [0.3, 0.4) is 0 Å². The molecular weight excluding hydrogens is 308 g/mol. The predicted octanol–water partition coefficient (Wildman–Crippen LogP) is 0.980. The molecule has 1 aliphatic heterocycles. The first-order valence-electron chi connectivity index (χ1n) is 7.14. The number of pyridine rings is 1. The van der Waals surface area contributed by atoms with E-state index in [0.29, 0.717) is 41.6 Å². The minimum Gasteiger partial charge on any atom is -0.473 e. The highest BCUT2D eigenvalue weighted by Gasteiger charge is 2.29. The molecule has 0 bridgehead atoms. The molecule has 0 radical (unpaired) electrons. The molecule has 118 valence electrons. The molecule has 0 aromatic carbocycles. The van der Waals surface area contributed by atoms with Crippen molar-refractivity contribution in [3.05, 3.63) is 17.5 Å². The number of nitrogens with zero attached hydrogens (tertiary/aromatic N) is 3. The first kappa shape index (κ1) is 15.1. The molecule has 0 spiro atoms. The first-order chi connectivity index (χ1) is 10.6. The van der Waals surface area contributed by atoms with Crippen LogP contribution >= 0.6 is 11.6 Å². The van der Waals surface area contributed by atoms with Crippen molar-refractivity contribution < 1.29 is 14.6 Å². The number of aliphatic hydroxyl groups is 1. The van der Waals surface area contributed by atoms with Crippen molar-refractivity contribution in [2.24, 2.45) is 5.92 Å². The zero-order valence-corrected chi connectivity index (χ0v) is 12.9. The number of carbonyl (C=O) groups is 1. The Kier molecular flexibility index (Phi) is 4.17. The molecule has 8 heteroatoms. The summed E-state index contributed by atoms with van der Waals surface area (Å²) in [6, 6.07) is 1.66.